The zero-order chi connectivity index (χ0) is 20.2. The molecule has 29 heavy (non-hydrogen) atoms. The number of esters is 1. The minimum Gasteiger partial charge on any atom is -0.478 e. The molecule has 1 aliphatic heterocycles. The topological polar surface area (TPSA) is 55.8 Å². The van der Waals surface area contributed by atoms with E-state index in [1.54, 1.807) is 17.0 Å². The number of likely N-dealkylation sites (tertiary alicyclic amines) is 1. The second-order valence-corrected chi connectivity index (χ2v) is 6.83. The smallest absolute Gasteiger partial charge is 0.338 e. The van der Waals surface area contributed by atoms with Crippen molar-refractivity contribution in [3.05, 3.63) is 102 Å². The summed E-state index contributed by atoms with van der Waals surface area (Å²) in [5.41, 5.74) is 2.17. The maximum Gasteiger partial charge on any atom is 0.338 e. The van der Waals surface area contributed by atoms with Crippen LogP contribution in [0.5, 0.6) is 5.75 Å². The van der Waals surface area contributed by atoms with Crippen LogP contribution in [0.15, 0.2) is 84.9 Å². The number of nitrogens with zero attached hydrogens (tertiary/aromatic N) is 1. The highest BCUT2D eigenvalue weighted by molar-refractivity contribution is 5.94. The van der Waals surface area contributed by atoms with Crippen molar-refractivity contribution in [2.45, 2.75) is 18.7 Å². The summed E-state index contributed by atoms with van der Waals surface area (Å²) in [4.78, 5) is 27.1. The molecule has 0 N–H and O–H groups in total. The molecule has 3 aromatic carbocycles. The zero-order valence-corrected chi connectivity index (χ0v) is 16.0. The number of carbonyl (C=O) groups excluding carboxylic acids is 2. The number of amides is 1. The Kier molecular flexibility index (Phi) is 5.29. The van der Waals surface area contributed by atoms with E-state index < -0.39 is 18.1 Å². The number of hydrogen-bond acceptors (Lipinski definition) is 4. The fourth-order valence-electron chi connectivity index (χ4n) is 3.62. The number of benzene rings is 3. The van der Waals surface area contributed by atoms with Gasteiger partial charge >= 0.3 is 5.97 Å². The van der Waals surface area contributed by atoms with Gasteiger partial charge in [-0.05, 0) is 29.3 Å². The van der Waals surface area contributed by atoms with Crippen LogP contribution in [0, 0.1) is 0 Å². The first kappa shape index (κ1) is 18.7. The van der Waals surface area contributed by atoms with E-state index in [0.717, 1.165) is 11.1 Å². The third kappa shape index (κ3) is 3.72. The fourth-order valence-corrected chi connectivity index (χ4v) is 3.62. The zero-order valence-electron chi connectivity index (χ0n) is 16.0. The van der Waals surface area contributed by atoms with Crippen LogP contribution in [0.1, 0.15) is 27.5 Å². The molecule has 2 unspecified atom stereocenters. The molecular weight excluding hydrogens is 366 g/mol. The predicted molar refractivity (Wildman–Crippen MR) is 108 cm³/mol. The van der Waals surface area contributed by atoms with Crippen LogP contribution in [0.25, 0.3) is 0 Å². The third-order valence-corrected chi connectivity index (χ3v) is 5.04. The molecule has 0 aromatic heterocycles. The van der Waals surface area contributed by atoms with Gasteiger partial charge in [-0.1, -0.05) is 66.7 Å². The van der Waals surface area contributed by atoms with Crippen molar-refractivity contribution in [3.8, 4) is 5.75 Å². The molecule has 5 nitrogen and oxygen atoms in total. The van der Waals surface area contributed by atoms with Crippen molar-refractivity contribution in [2.24, 2.45) is 0 Å². The van der Waals surface area contributed by atoms with Gasteiger partial charge in [0.05, 0.1) is 12.7 Å². The first-order valence-electron chi connectivity index (χ1n) is 9.42. The quantitative estimate of drug-likeness (QED) is 0.474. The summed E-state index contributed by atoms with van der Waals surface area (Å²) in [5.74, 6) is 0.0752. The molecule has 4 rings (SSSR count). The number of para-hydroxylation sites is 1. The molecule has 0 bridgehead atoms. The highest BCUT2D eigenvalue weighted by Crippen LogP contribution is 2.40. The fraction of sp³-hybridized carbons (Fsp3) is 0.167. The van der Waals surface area contributed by atoms with Gasteiger partial charge < -0.3 is 14.4 Å². The van der Waals surface area contributed by atoms with E-state index in [1.165, 1.54) is 7.11 Å². The van der Waals surface area contributed by atoms with E-state index in [0.29, 0.717) is 17.9 Å². The summed E-state index contributed by atoms with van der Waals surface area (Å²) in [6.07, 6.45) is -0.702. The molecule has 5 heteroatoms. The number of methoxy groups -OCH3 is 1. The molecule has 1 saturated heterocycles. The van der Waals surface area contributed by atoms with E-state index in [2.05, 4.69) is 0 Å². The van der Waals surface area contributed by atoms with Gasteiger partial charge in [-0.2, -0.15) is 0 Å². The van der Waals surface area contributed by atoms with Crippen LogP contribution in [0.3, 0.4) is 0 Å². The lowest BCUT2D eigenvalue weighted by atomic mass is 9.87. The van der Waals surface area contributed by atoms with Gasteiger partial charge in [0.25, 0.3) is 5.91 Å². The van der Waals surface area contributed by atoms with Crippen LogP contribution in [-0.2, 0) is 16.1 Å². The molecule has 1 fully saturated rings. The molecule has 1 amide bonds. The second-order valence-electron chi connectivity index (χ2n) is 6.83. The SMILES string of the molecule is COC(=O)c1ccccc1C1C(Oc2ccccc2)C(=O)N1Cc1ccccc1. The van der Waals surface area contributed by atoms with Gasteiger partial charge in [0.1, 0.15) is 11.8 Å². The number of ether oxygens (including phenoxy) is 2. The van der Waals surface area contributed by atoms with Crippen molar-refractivity contribution < 1.29 is 19.1 Å². The summed E-state index contributed by atoms with van der Waals surface area (Å²) in [7, 11) is 1.35. The van der Waals surface area contributed by atoms with E-state index >= 15 is 0 Å². The van der Waals surface area contributed by atoms with Gasteiger partial charge in [-0.25, -0.2) is 4.79 Å². The van der Waals surface area contributed by atoms with Crippen molar-refractivity contribution in [1.29, 1.82) is 0 Å². The number of β-lactam (4-membered cyclic amide) rings is 1. The van der Waals surface area contributed by atoms with Crippen LogP contribution in [0.2, 0.25) is 0 Å². The first-order chi connectivity index (χ1) is 14.2. The molecule has 3 aromatic rings. The van der Waals surface area contributed by atoms with Crippen LogP contribution in [-0.4, -0.2) is 30.0 Å². The Morgan fingerprint density at radius 2 is 1.52 bits per heavy atom. The maximum absolute atomic E-state index is 13.0. The molecule has 146 valence electrons. The average molecular weight is 387 g/mol. The van der Waals surface area contributed by atoms with Gasteiger partial charge in [0.15, 0.2) is 0 Å². The largest absolute Gasteiger partial charge is 0.478 e. The number of rotatable bonds is 6. The molecule has 0 radical (unpaired) electrons. The third-order valence-electron chi connectivity index (χ3n) is 5.04. The Balaban J connectivity index is 1.69. The highest BCUT2D eigenvalue weighted by Gasteiger charge is 2.51. The summed E-state index contributed by atoms with van der Waals surface area (Å²) in [6, 6.07) is 25.8. The van der Waals surface area contributed by atoms with E-state index in [4.69, 9.17) is 9.47 Å². The van der Waals surface area contributed by atoms with Crippen molar-refractivity contribution in [2.75, 3.05) is 7.11 Å². The van der Waals surface area contributed by atoms with Crippen LogP contribution >= 0.6 is 0 Å². The minimum atomic E-state index is -0.702. The van der Waals surface area contributed by atoms with Crippen molar-refractivity contribution >= 4 is 11.9 Å². The van der Waals surface area contributed by atoms with Crippen molar-refractivity contribution in [3.63, 3.8) is 0 Å². The molecule has 2 atom stereocenters. The Hall–Kier alpha value is -3.60. The van der Waals surface area contributed by atoms with Gasteiger partial charge in [0, 0.05) is 6.54 Å². The van der Waals surface area contributed by atoms with Crippen LogP contribution < -0.4 is 4.74 Å². The first-order valence-corrected chi connectivity index (χ1v) is 9.42. The normalized spacial score (nSPS) is 18.1. The summed E-state index contributed by atoms with van der Waals surface area (Å²) >= 11 is 0. The Bertz CT molecular complexity index is 952. The Morgan fingerprint density at radius 1 is 0.897 bits per heavy atom. The van der Waals surface area contributed by atoms with E-state index in [1.807, 2.05) is 72.8 Å². The molecule has 0 aliphatic carbocycles. The lowest BCUT2D eigenvalue weighted by Gasteiger charge is -2.47. The lowest BCUT2D eigenvalue weighted by Crippen LogP contribution is -2.60. The standard InChI is InChI=1S/C24H21NO4/c1-28-24(27)20-15-9-8-14-19(20)21-22(29-18-12-6-3-7-13-18)23(26)25(21)16-17-10-4-2-5-11-17/h2-15,21-22H,16H2,1H3. The molecular formula is C24H21NO4. The van der Waals surface area contributed by atoms with Crippen molar-refractivity contribution in [1.82, 2.24) is 4.90 Å². The summed E-state index contributed by atoms with van der Waals surface area (Å²) in [5, 5.41) is 0. The minimum absolute atomic E-state index is 0.109. The Labute approximate surface area is 169 Å². The Morgan fingerprint density at radius 3 is 2.21 bits per heavy atom. The summed E-state index contributed by atoms with van der Waals surface area (Å²) in [6.45, 7) is 0.439. The monoisotopic (exact) mass is 387 g/mol. The molecule has 0 saturated carbocycles. The van der Waals surface area contributed by atoms with Gasteiger partial charge in [0.2, 0.25) is 6.10 Å². The van der Waals surface area contributed by atoms with E-state index in [9.17, 15) is 9.59 Å². The average Bonchev–Trinajstić information content (AvgIpc) is 2.79. The van der Waals surface area contributed by atoms with Crippen LogP contribution in [0.4, 0.5) is 0 Å². The lowest BCUT2D eigenvalue weighted by molar-refractivity contribution is -0.165. The second kappa shape index (κ2) is 8.19. The van der Waals surface area contributed by atoms with E-state index in [-0.39, 0.29) is 5.91 Å². The van der Waals surface area contributed by atoms with Gasteiger partial charge in [-0.15, -0.1) is 0 Å². The molecule has 1 aliphatic rings. The van der Waals surface area contributed by atoms with Gasteiger partial charge in [-0.3, -0.25) is 4.79 Å². The molecule has 1 heterocycles. The predicted octanol–water partition coefficient (Wildman–Crippen LogP) is 4.00. The number of hydrogen-bond donors (Lipinski definition) is 0. The molecule has 0 spiro atoms. The highest BCUT2D eigenvalue weighted by atomic mass is 16.5. The number of carbonyl (C=O) groups is 2. The maximum atomic E-state index is 13.0. The summed E-state index contributed by atoms with van der Waals surface area (Å²) < 4.78 is 11.0.